The minimum atomic E-state index is 0.0146. The van der Waals surface area contributed by atoms with E-state index < -0.39 is 0 Å². The number of carbonyl (C=O) groups excluding carboxylic acids is 1. The maximum atomic E-state index is 11.8. The smallest absolute Gasteiger partial charge is 0.224 e. The van der Waals surface area contributed by atoms with Crippen LogP contribution in [0.25, 0.3) is 0 Å². The van der Waals surface area contributed by atoms with Gasteiger partial charge in [0.05, 0.1) is 0 Å². The van der Waals surface area contributed by atoms with Gasteiger partial charge in [0.2, 0.25) is 5.91 Å². The van der Waals surface area contributed by atoms with Gasteiger partial charge in [-0.1, -0.05) is 13.0 Å². The SMILES string of the molecule is CC(CN)CCC(=O)Nc1cccc(OCCN(C)C)c1. The lowest BCUT2D eigenvalue weighted by atomic mass is 10.1. The molecule has 0 fully saturated rings. The van der Waals surface area contributed by atoms with Crippen LogP contribution in [0.3, 0.4) is 0 Å². The molecule has 0 aliphatic rings. The lowest BCUT2D eigenvalue weighted by molar-refractivity contribution is -0.116. The molecule has 0 saturated carbocycles. The summed E-state index contributed by atoms with van der Waals surface area (Å²) in [5.74, 6) is 1.15. The molecule has 3 N–H and O–H groups in total. The molecule has 0 aliphatic heterocycles. The molecule has 1 amide bonds. The van der Waals surface area contributed by atoms with Crippen molar-refractivity contribution in [1.82, 2.24) is 4.90 Å². The van der Waals surface area contributed by atoms with E-state index in [4.69, 9.17) is 10.5 Å². The summed E-state index contributed by atoms with van der Waals surface area (Å²) in [6.07, 6.45) is 1.30. The van der Waals surface area contributed by atoms with E-state index in [1.54, 1.807) is 0 Å². The van der Waals surface area contributed by atoms with Crippen molar-refractivity contribution in [3.05, 3.63) is 24.3 Å². The first-order chi connectivity index (χ1) is 10.0. The maximum Gasteiger partial charge on any atom is 0.224 e. The molecule has 118 valence electrons. The van der Waals surface area contributed by atoms with Crippen LogP contribution in [0.1, 0.15) is 19.8 Å². The van der Waals surface area contributed by atoms with Gasteiger partial charge in [-0.2, -0.15) is 0 Å². The van der Waals surface area contributed by atoms with Crippen molar-refractivity contribution in [2.45, 2.75) is 19.8 Å². The summed E-state index contributed by atoms with van der Waals surface area (Å²) < 4.78 is 5.65. The molecule has 1 rings (SSSR count). The van der Waals surface area contributed by atoms with Gasteiger partial charge in [-0.15, -0.1) is 0 Å². The lowest BCUT2D eigenvalue weighted by Gasteiger charge is -2.12. The van der Waals surface area contributed by atoms with E-state index in [-0.39, 0.29) is 5.91 Å². The standard InChI is InChI=1S/C16H27N3O2/c1-13(12-17)7-8-16(20)18-14-5-4-6-15(11-14)21-10-9-19(2)3/h4-6,11,13H,7-10,12,17H2,1-3H3,(H,18,20). The first-order valence-electron chi connectivity index (χ1n) is 7.38. The molecule has 5 nitrogen and oxygen atoms in total. The zero-order valence-electron chi connectivity index (χ0n) is 13.3. The molecule has 1 aromatic carbocycles. The van der Waals surface area contributed by atoms with Crippen molar-refractivity contribution in [1.29, 1.82) is 0 Å². The molecule has 0 spiro atoms. The number of likely N-dealkylation sites (N-methyl/N-ethyl adjacent to an activating group) is 1. The van der Waals surface area contributed by atoms with E-state index in [0.717, 1.165) is 24.4 Å². The van der Waals surface area contributed by atoms with Crippen molar-refractivity contribution in [3.63, 3.8) is 0 Å². The summed E-state index contributed by atoms with van der Waals surface area (Å²) in [4.78, 5) is 13.9. The Morgan fingerprint density at radius 3 is 2.86 bits per heavy atom. The Hall–Kier alpha value is -1.59. The Bertz CT molecular complexity index is 435. The quantitative estimate of drug-likeness (QED) is 0.730. The Morgan fingerprint density at radius 2 is 2.19 bits per heavy atom. The second-order valence-corrected chi connectivity index (χ2v) is 5.61. The predicted molar refractivity (Wildman–Crippen MR) is 86.6 cm³/mol. The number of nitrogens with one attached hydrogen (secondary N) is 1. The highest BCUT2D eigenvalue weighted by molar-refractivity contribution is 5.90. The third-order valence-corrected chi connectivity index (χ3v) is 3.19. The zero-order chi connectivity index (χ0) is 15.7. The average Bonchev–Trinajstić information content (AvgIpc) is 2.44. The van der Waals surface area contributed by atoms with Gasteiger partial charge in [-0.3, -0.25) is 4.79 Å². The number of nitrogens with zero attached hydrogens (tertiary/aromatic N) is 1. The van der Waals surface area contributed by atoms with E-state index in [0.29, 0.717) is 25.5 Å². The van der Waals surface area contributed by atoms with Crippen molar-refractivity contribution < 1.29 is 9.53 Å². The average molecular weight is 293 g/mol. The molecule has 0 saturated heterocycles. The number of ether oxygens (including phenoxy) is 1. The summed E-state index contributed by atoms with van der Waals surface area (Å²) in [5.41, 5.74) is 6.31. The number of hydrogen-bond acceptors (Lipinski definition) is 4. The number of benzene rings is 1. The summed E-state index contributed by atoms with van der Waals surface area (Å²) in [6.45, 7) is 4.14. The summed E-state index contributed by atoms with van der Waals surface area (Å²) in [6, 6.07) is 7.48. The molecule has 5 heteroatoms. The van der Waals surface area contributed by atoms with E-state index in [9.17, 15) is 4.79 Å². The number of amides is 1. The summed E-state index contributed by atoms with van der Waals surface area (Å²) >= 11 is 0. The largest absolute Gasteiger partial charge is 0.492 e. The molecule has 0 aromatic heterocycles. The van der Waals surface area contributed by atoms with Crippen LogP contribution in [-0.2, 0) is 4.79 Å². The van der Waals surface area contributed by atoms with Crippen molar-refractivity contribution >= 4 is 11.6 Å². The van der Waals surface area contributed by atoms with Gasteiger partial charge in [0.15, 0.2) is 0 Å². The molecular weight excluding hydrogens is 266 g/mol. The fourth-order valence-electron chi connectivity index (χ4n) is 1.73. The molecule has 1 unspecified atom stereocenters. The first kappa shape index (κ1) is 17.5. The minimum absolute atomic E-state index is 0.0146. The number of carbonyl (C=O) groups is 1. The van der Waals surface area contributed by atoms with E-state index in [2.05, 4.69) is 10.2 Å². The van der Waals surface area contributed by atoms with Crippen molar-refractivity contribution in [2.75, 3.05) is 39.1 Å². The predicted octanol–water partition coefficient (Wildman–Crippen LogP) is 1.94. The normalized spacial score (nSPS) is 12.2. The lowest BCUT2D eigenvalue weighted by Crippen LogP contribution is -2.19. The second kappa shape index (κ2) is 9.37. The molecule has 1 aromatic rings. The van der Waals surface area contributed by atoms with Gasteiger partial charge < -0.3 is 20.7 Å². The monoisotopic (exact) mass is 293 g/mol. The number of nitrogens with two attached hydrogens (primary N) is 1. The van der Waals surface area contributed by atoms with Crippen LogP contribution in [0.15, 0.2) is 24.3 Å². The fraction of sp³-hybridized carbons (Fsp3) is 0.562. The van der Waals surface area contributed by atoms with E-state index >= 15 is 0 Å². The first-order valence-corrected chi connectivity index (χ1v) is 7.38. The van der Waals surface area contributed by atoms with Gasteiger partial charge in [0.25, 0.3) is 0 Å². The van der Waals surface area contributed by atoms with Crippen molar-refractivity contribution in [2.24, 2.45) is 11.7 Å². The third-order valence-electron chi connectivity index (χ3n) is 3.19. The molecule has 0 heterocycles. The number of rotatable bonds is 9. The highest BCUT2D eigenvalue weighted by Crippen LogP contribution is 2.18. The third kappa shape index (κ3) is 7.68. The summed E-state index contributed by atoms with van der Waals surface area (Å²) in [7, 11) is 4.00. The van der Waals surface area contributed by atoms with Gasteiger partial charge >= 0.3 is 0 Å². The molecule has 0 aliphatic carbocycles. The van der Waals surface area contributed by atoms with E-state index in [1.807, 2.05) is 45.3 Å². The van der Waals surface area contributed by atoms with Gasteiger partial charge in [-0.05, 0) is 45.1 Å². The van der Waals surface area contributed by atoms with Crippen LogP contribution < -0.4 is 15.8 Å². The minimum Gasteiger partial charge on any atom is -0.492 e. The zero-order valence-corrected chi connectivity index (χ0v) is 13.3. The van der Waals surface area contributed by atoms with Crippen LogP contribution in [0.2, 0.25) is 0 Å². The fourth-order valence-corrected chi connectivity index (χ4v) is 1.73. The highest BCUT2D eigenvalue weighted by atomic mass is 16.5. The number of hydrogen-bond donors (Lipinski definition) is 2. The van der Waals surface area contributed by atoms with E-state index in [1.165, 1.54) is 0 Å². The number of anilines is 1. The Kier molecular flexibility index (Phi) is 7.79. The Labute approximate surface area is 127 Å². The molecule has 1 atom stereocenters. The topological polar surface area (TPSA) is 67.6 Å². The summed E-state index contributed by atoms with van der Waals surface area (Å²) in [5, 5.41) is 2.89. The van der Waals surface area contributed by atoms with Crippen LogP contribution >= 0.6 is 0 Å². The molecular formula is C16H27N3O2. The van der Waals surface area contributed by atoms with Crippen LogP contribution in [-0.4, -0.2) is 44.6 Å². The molecule has 0 radical (unpaired) electrons. The highest BCUT2D eigenvalue weighted by Gasteiger charge is 2.06. The second-order valence-electron chi connectivity index (χ2n) is 5.61. The Morgan fingerprint density at radius 1 is 1.43 bits per heavy atom. The van der Waals surface area contributed by atoms with Gasteiger partial charge in [-0.25, -0.2) is 0 Å². The van der Waals surface area contributed by atoms with Crippen molar-refractivity contribution in [3.8, 4) is 5.75 Å². The molecule has 21 heavy (non-hydrogen) atoms. The van der Waals surface area contributed by atoms with Crippen LogP contribution in [0.5, 0.6) is 5.75 Å². The molecule has 0 bridgehead atoms. The van der Waals surface area contributed by atoms with Crippen LogP contribution in [0, 0.1) is 5.92 Å². The Balaban J connectivity index is 2.42. The van der Waals surface area contributed by atoms with Gasteiger partial charge in [0.1, 0.15) is 12.4 Å². The van der Waals surface area contributed by atoms with Gasteiger partial charge in [0, 0.05) is 24.7 Å². The maximum absolute atomic E-state index is 11.8. The van der Waals surface area contributed by atoms with Crippen LogP contribution in [0.4, 0.5) is 5.69 Å².